The molecule has 0 unspecified atom stereocenters. The molecule has 0 atom stereocenters. The number of aryl methyl sites for hydroxylation is 1. The average Bonchev–Trinajstić information content (AvgIpc) is 3.47. The van der Waals surface area contributed by atoms with E-state index in [2.05, 4.69) is 4.98 Å². The van der Waals surface area contributed by atoms with Crippen molar-refractivity contribution in [2.45, 2.75) is 13.8 Å². The molecule has 3 aromatic rings. The standard InChI is InChI=1S/C23H23N3O5S/c1-15-21(16(2)27)32-22(24-15)17-5-7-18(8-6-17)31-14-20(28)25-9-11-26(12-10-25)23(29)19-4-3-13-30-19/h3-8,13H,9-12,14H2,1-2H3. The molecule has 0 aliphatic carbocycles. The number of benzene rings is 1. The second-order valence-electron chi connectivity index (χ2n) is 7.45. The smallest absolute Gasteiger partial charge is 0.289 e. The quantitative estimate of drug-likeness (QED) is 0.532. The van der Waals surface area contributed by atoms with E-state index < -0.39 is 0 Å². The molecular formula is C23H23N3O5S. The van der Waals surface area contributed by atoms with Crippen LogP contribution in [-0.4, -0.2) is 65.2 Å². The second kappa shape index (κ2) is 9.35. The minimum Gasteiger partial charge on any atom is -0.484 e. The lowest BCUT2D eigenvalue weighted by atomic mass is 10.2. The molecule has 0 radical (unpaired) electrons. The Kier molecular flexibility index (Phi) is 6.36. The van der Waals surface area contributed by atoms with Crippen molar-refractivity contribution in [3.8, 4) is 16.3 Å². The Labute approximate surface area is 189 Å². The van der Waals surface area contributed by atoms with Crippen molar-refractivity contribution in [2.75, 3.05) is 32.8 Å². The molecule has 9 heteroatoms. The molecule has 0 N–H and O–H groups in total. The maximum Gasteiger partial charge on any atom is 0.289 e. The summed E-state index contributed by atoms with van der Waals surface area (Å²) >= 11 is 1.37. The number of aromatic nitrogens is 1. The summed E-state index contributed by atoms with van der Waals surface area (Å²) in [7, 11) is 0. The van der Waals surface area contributed by atoms with Crippen LogP contribution in [0, 0.1) is 6.92 Å². The van der Waals surface area contributed by atoms with E-state index in [1.807, 2.05) is 19.1 Å². The predicted octanol–water partition coefficient (Wildman–Crippen LogP) is 3.28. The molecular weight excluding hydrogens is 430 g/mol. The monoisotopic (exact) mass is 453 g/mol. The Hall–Kier alpha value is -3.46. The van der Waals surface area contributed by atoms with Crippen LogP contribution < -0.4 is 4.74 Å². The fraction of sp³-hybridized carbons (Fsp3) is 0.304. The molecule has 0 spiro atoms. The molecule has 2 aromatic heterocycles. The zero-order chi connectivity index (χ0) is 22.7. The number of hydrogen-bond acceptors (Lipinski definition) is 7. The minimum absolute atomic E-state index is 0.0101. The second-order valence-corrected chi connectivity index (χ2v) is 8.45. The van der Waals surface area contributed by atoms with Crippen LogP contribution in [0.3, 0.4) is 0 Å². The van der Waals surface area contributed by atoms with Gasteiger partial charge in [0.05, 0.1) is 16.8 Å². The Morgan fingerprint density at radius 3 is 2.34 bits per heavy atom. The van der Waals surface area contributed by atoms with Gasteiger partial charge in [0.1, 0.15) is 10.8 Å². The van der Waals surface area contributed by atoms with E-state index in [0.717, 1.165) is 16.3 Å². The summed E-state index contributed by atoms with van der Waals surface area (Å²) < 4.78 is 10.8. The molecule has 0 bridgehead atoms. The van der Waals surface area contributed by atoms with Gasteiger partial charge in [-0.1, -0.05) is 0 Å². The summed E-state index contributed by atoms with van der Waals surface area (Å²) in [5.74, 6) is 0.608. The van der Waals surface area contributed by atoms with Gasteiger partial charge in [0, 0.05) is 38.7 Å². The molecule has 32 heavy (non-hydrogen) atoms. The third kappa shape index (κ3) is 4.72. The number of carbonyl (C=O) groups is 3. The summed E-state index contributed by atoms with van der Waals surface area (Å²) in [6.45, 7) is 5.10. The fourth-order valence-corrected chi connectivity index (χ4v) is 4.46. The molecule has 166 valence electrons. The molecule has 4 rings (SSSR count). The van der Waals surface area contributed by atoms with Crippen molar-refractivity contribution in [3.63, 3.8) is 0 Å². The number of thiazole rings is 1. The molecule has 1 aromatic carbocycles. The highest BCUT2D eigenvalue weighted by atomic mass is 32.1. The van der Waals surface area contributed by atoms with E-state index in [4.69, 9.17) is 9.15 Å². The number of rotatable bonds is 6. The van der Waals surface area contributed by atoms with Gasteiger partial charge in [0.15, 0.2) is 18.2 Å². The van der Waals surface area contributed by atoms with Crippen molar-refractivity contribution in [2.24, 2.45) is 0 Å². The molecule has 0 saturated carbocycles. The third-order valence-electron chi connectivity index (χ3n) is 5.23. The Balaban J connectivity index is 1.28. The van der Waals surface area contributed by atoms with Crippen LogP contribution in [0.15, 0.2) is 47.1 Å². The lowest BCUT2D eigenvalue weighted by molar-refractivity contribution is -0.134. The fourth-order valence-electron chi connectivity index (χ4n) is 3.49. The van der Waals surface area contributed by atoms with Gasteiger partial charge in [-0.05, 0) is 43.3 Å². The van der Waals surface area contributed by atoms with E-state index in [0.29, 0.717) is 42.6 Å². The van der Waals surface area contributed by atoms with Crippen LogP contribution in [-0.2, 0) is 4.79 Å². The summed E-state index contributed by atoms with van der Waals surface area (Å²) in [5.41, 5.74) is 1.62. The summed E-state index contributed by atoms with van der Waals surface area (Å²) in [6, 6.07) is 10.6. The van der Waals surface area contributed by atoms with Crippen LogP contribution in [0.1, 0.15) is 32.8 Å². The molecule has 1 aliphatic heterocycles. The molecule has 1 fully saturated rings. The number of Topliss-reactive ketones (excluding diaryl/α,β-unsaturated/α-hetero) is 1. The van der Waals surface area contributed by atoms with Crippen LogP contribution in [0.5, 0.6) is 5.75 Å². The van der Waals surface area contributed by atoms with Crippen LogP contribution in [0.2, 0.25) is 0 Å². The highest BCUT2D eigenvalue weighted by molar-refractivity contribution is 7.17. The topological polar surface area (TPSA) is 93.0 Å². The zero-order valence-corrected chi connectivity index (χ0v) is 18.7. The molecule has 2 amide bonds. The number of carbonyl (C=O) groups excluding carboxylic acids is 3. The molecule has 8 nitrogen and oxygen atoms in total. The maximum atomic E-state index is 12.5. The van der Waals surface area contributed by atoms with Gasteiger partial charge >= 0.3 is 0 Å². The van der Waals surface area contributed by atoms with Gasteiger partial charge in [0.25, 0.3) is 11.8 Å². The zero-order valence-electron chi connectivity index (χ0n) is 17.9. The van der Waals surface area contributed by atoms with Gasteiger partial charge in [0.2, 0.25) is 0 Å². The molecule has 1 saturated heterocycles. The Morgan fingerprint density at radius 2 is 1.75 bits per heavy atom. The number of ketones is 1. The Bertz CT molecular complexity index is 1110. The summed E-state index contributed by atoms with van der Waals surface area (Å²) in [6.07, 6.45) is 1.47. The van der Waals surface area contributed by atoms with Crippen molar-refractivity contribution in [1.29, 1.82) is 0 Å². The number of piperazine rings is 1. The highest BCUT2D eigenvalue weighted by Gasteiger charge is 2.26. The van der Waals surface area contributed by atoms with E-state index >= 15 is 0 Å². The number of furan rings is 1. The van der Waals surface area contributed by atoms with Gasteiger partial charge < -0.3 is 19.0 Å². The first-order chi connectivity index (χ1) is 15.4. The van der Waals surface area contributed by atoms with Gasteiger partial charge in [-0.2, -0.15) is 0 Å². The van der Waals surface area contributed by atoms with Crippen LogP contribution >= 0.6 is 11.3 Å². The number of ether oxygens (including phenoxy) is 1. The van der Waals surface area contributed by atoms with Crippen molar-refractivity contribution in [3.05, 3.63) is 59.0 Å². The lowest BCUT2D eigenvalue weighted by Gasteiger charge is -2.34. The SMILES string of the molecule is CC(=O)c1sc(-c2ccc(OCC(=O)N3CCN(C(=O)c4ccco4)CC3)cc2)nc1C. The lowest BCUT2D eigenvalue weighted by Crippen LogP contribution is -2.51. The third-order valence-corrected chi connectivity index (χ3v) is 6.54. The maximum absolute atomic E-state index is 12.5. The first-order valence-corrected chi connectivity index (χ1v) is 11.1. The molecule has 3 heterocycles. The van der Waals surface area contributed by atoms with E-state index in [9.17, 15) is 14.4 Å². The Morgan fingerprint density at radius 1 is 1.06 bits per heavy atom. The van der Waals surface area contributed by atoms with Gasteiger partial charge in [-0.15, -0.1) is 11.3 Å². The van der Waals surface area contributed by atoms with E-state index in [1.54, 1.807) is 34.1 Å². The van der Waals surface area contributed by atoms with Crippen molar-refractivity contribution < 1.29 is 23.5 Å². The largest absolute Gasteiger partial charge is 0.484 e. The number of amides is 2. The highest BCUT2D eigenvalue weighted by Crippen LogP contribution is 2.29. The van der Waals surface area contributed by atoms with E-state index in [1.165, 1.54) is 24.5 Å². The normalized spacial score (nSPS) is 13.8. The van der Waals surface area contributed by atoms with Crippen LogP contribution in [0.4, 0.5) is 0 Å². The number of nitrogens with zero attached hydrogens (tertiary/aromatic N) is 3. The first-order valence-electron chi connectivity index (χ1n) is 10.2. The van der Waals surface area contributed by atoms with Crippen LogP contribution in [0.25, 0.3) is 10.6 Å². The first kappa shape index (κ1) is 21.8. The van der Waals surface area contributed by atoms with E-state index in [-0.39, 0.29) is 24.2 Å². The van der Waals surface area contributed by atoms with Crippen molar-refractivity contribution >= 4 is 28.9 Å². The summed E-state index contributed by atoms with van der Waals surface area (Å²) in [5, 5.41) is 0.775. The van der Waals surface area contributed by atoms with Crippen molar-refractivity contribution in [1.82, 2.24) is 14.8 Å². The number of hydrogen-bond donors (Lipinski definition) is 0. The minimum atomic E-state index is -0.163. The van der Waals surface area contributed by atoms with Gasteiger partial charge in [-0.3, -0.25) is 14.4 Å². The predicted molar refractivity (Wildman–Crippen MR) is 119 cm³/mol. The summed E-state index contributed by atoms with van der Waals surface area (Å²) in [4.78, 5) is 45.0. The average molecular weight is 454 g/mol. The van der Waals surface area contributed by atoms with Gasteiger partial charge in [-0.25, -0.2) is 4.98 Å². The molecule has 1 aliphatic rings.